The van der Waals surface area contributed by atoms with Crippen LogP contribution in [0.1, 0.15) is 31.2 Å². The molecule has 0 radical (unpaired) electrons. The average Bonchev–Trinajstić information content (AvgIpc) is 3.18. The van der Waals surface area contributed by atoms with Crippen molar-refractivity contribution >= 4 is 23.4 Å². The van der Waals surface area contributed by atoms with E-state index < -0.39 is 11.5 Å². The summed E-state index contributed by atoms with van der Waals surface area (Å²) >= 11 is 0. The first-order valence-corrected chi connectivity index (χ1v) is 13.0. The molecule has 1 amide bonds. The van der Waals surface area contributed by atoms with Crippen LogP contribution < -0.4 is 9.80 Å². The van der Waals surface area contributed by atoms with Gasteiger partial charge in [0.1, 0.15) is 6.10 Å². The lowest BCUT2D eigenvalue weighted by Crippen LogP contribution is -2.47. The van der Waals surface area contributed by atoms with Gasteiger partial charge in [-0.15, -0.1) is 0 Å². The molecule has 9 nitrogen and oxygen atoms in total. The van der Waals surface area contributed by atoms with Gasteiger partial charge in [-0.2, -0.15) is 0 Å². The van der Waals surface area contributed by atoms with Crippen LogP contribution in [0.4, 0.5) is 16.2 Å². The molecule has 192 valence electrons. The first-order valence-electron chi connectivity index (χ1n) is 13.0. The van der Waals surface area contributed by atoms with E-state index in [9.17, 15) is 14.7 Å². The minimum absolute atomic E-state index is 0.0538. The zero-order valence-electron chi connectivity index (χ0n) is 20.8. The number of nitrogens with zero attached hydrogens (tertiary/aromatic N) is 4. The van der Waals surface area contributed by atoms with Crippen molar-refractivity contribution in [2.45, 2.75) is 38.7 Å². The molecule has 0 aromatic heterocycles. The molecule has 1 atom stereocenters. The Balaban J connectivity index is 1.12. The minimum Gasteiger partial charge on any atom is -0.465 e. The van der Waals surface area contributed by atoms with Gasteiger partial charge < -0.3 is 29.3 Å². The molecule has 1 N–H and O–H groups in total. The second-order valence-corrected chi connectivity index (χ2v) is 10.5. The van der Waals surface area contributed by atoms with E-state index in [1.165, 1.54) is 21.8 Å². The highest BCUT2D eigenvalue weighted by atomic mass is 16.6. The van der Waals surface area contributed by atoms with E-state index in [1.807, 2.05) is 0 Å². The second-order valence-electron chi connectivity index (χ2n) is 10.5. The summed E-state index contributed by atoms with van der Waals surface area (Å²) in [5.74, 6) is -0.118. The largest absolute Gasteiger partial charge is 0.465 e. The summed E-state index contributed by atoms with van der Waals surface area (Å²) in [6, 6.07) is 6.78. The minimum atomic E-state index is -0.899. The number of carbonyl (C=O) groups is 2. The van der Waals surface area contributed by atoms with Crippen molar-refractivity contribution in [1.29, 1.82) is 0 Å². The zero-order chi connectivity index (χ0) is 24.4. The molecule has 0 saturated carbocycles. The fourth-order valence-electron chi connectivity index (χ4n) is 6.03. The molecule has 4 heterocycles. The molecule has 9 heteroatoms. The van der Waals surface area contributed by atoms with Crippen molar-refractivity contribution in [3.63, 3.8) is 0 Å². The highest BCUT2D eigenvalue weighted by molar-refractivity contribution is 5.79. The summed E-state index contributed by atoms with van der Waals surface area (Å²) < 4.78 is 11.3. The molecule has 4 fully saturated rings. The van der Waals surface area contributed by atoms with Crippen LogP contribution in [-0.2, 0) is 14.3 Å². The fourth-order valence-corrected chi connectivity index (χ4v) is 6.03. The maximum atomic E-state index is 12.7. The number of anilines is 2. The third kappa shape index (κ3) is 5.21. The van der Waals surface area contributed by atoms with Crippen molar-refractivity contribution in [2.24, 2.45) is 5.41 Å². The topological polar surface area (TPSA) is 85.8 Å². The van der Waals surface area contributed by atoms with Crippen LogP contribution in [0.25, 0.3) is 0 Å². The van der Waals surface area contributed by atoms with Gasteiger partial charge in [-0.3, -0.25) is 9.69 Å². The molecule has 5 rings (SSSR count). The lowest BCUT2D eigenvalue weighted by atomic mass is 9.76. The Morgan fingerprint density at radius 3 is 2.37 bits per heavy atom. The number of ether oxygens (including phenoxy) is 2. The predicted molar refractivity (Wildman–Crippen MR) is 133 cm³/mol. The van der Waals surface area contributed by atoms with Gasteiger partial charge in [0, 0.05) is 65.3 Å². The van der Waals surface area contributed by atoms with Gasteiger partial charge in [0.15, 0.2) is 0 Å². The summed E-state index contributed by atoms with van der Waals surface area (Å²) in [7, 11) is 0. The zero-order valence-corrected chi connectivity index (χ0v) is 20.8. The number of carboxylic acid groups (broad SMARTS) is 1. The molecule has 4 saturated heterocycles. The average molecular weight is 487 g/mol. The SMILES string of the molecule is Cc1ccc(N2CCN(CCC3CC4(CCN(C(=O)O)CC4)C(=O)O3)CC2)c(N2CCOCC2)c1. The molecule has 1 spiro atoms. The Morgan fingerprint density at radius 2 is 1.69 bits per heavy atom. The third-order valence-electron chi connectivity index (χ3n) is 8.28. The smallest absolute Gasteiger partial charge is 0.407 e. The van der Waals surface area contributed by atoms with Crippen molar-refractivity contribution in [3.8, 4) is 0 Å². The number of hydrogen-bond donors (Lipinski definition) is 1. The Morgan fingerprint density at radius 1 is 1.00 bits per heavy atom. The number of piperazine rings is 1. The fraction of sp³-hybridized carbons (Fsp3) is 0.692. The quantitative estimate of drug-likeness (QED) is 0.636. The van der Waals surface area contributed by atoms with Gasteiger partial charge in [-0.05, 0) is 43.9 Å². The molecule has 0 bridgehead atoms. The number of hydrogen-bond acceptors (Lipinski definition) is 7. The Bertz CT molecular complexity index is 918. The van der Waals surface area contributed by atoms with Gasteiger partial charge in [-0.1, -0.05) is 6.07 Å². The first-order chi connectivity index (χ1) is 16.9. The maximum absolute atomic E-state index is 12.7. The van der Waals surface area contributed by atoms with Crippen LogP contribution in [0.15, 0.2) is 18.2 Å². The molecule has 1 aromatic carbocycles. The van der Waals surface area contributed by atoms with Crippen LogP contribution >= 0.6 is 0 Å². The molecule has 4 aliphatic heterocycles. The van der Waals surface area contributed by atoms with Crippen LogP contribution in [0, 0.1) is 12.3 Å². The first kappa shape index (κ1) is 24.2. The van der Waals surface area contributed by atoms with E-state index in [0.717, 1.165) is 71.9 Å². The summed E-state index contributed by atoms with van der Waals surface area (Å²) in [6.07, 6.45) is 1.78. The van der Waals surface area contributed by atoms with Gasteiger partial charge >= 0.3 is 12.1 Å². The van der Waals surface area contributed by atoms with E-state index in [0.29, 0.717) is 25.9 Å². The molecule has 35 heavy (non-hydrogen) atoms. The van der Waals surface area contributed by atoms with Crippen LogP contribution in [0.5, 0.6) is 0 Å². The Kier molecular flexibility index (Phi) is 7.07. The predicted octanol–water partition coefficient (Wildman–Crippen LogP) is 2.42. The lowest BCUT2D eigenvalue weighted by Gasteiger charge is -2.39. The summed E-state index contributed by atoms with van der Waals surface area (Å²) in [5, 5.41) is 9.19. The van der Waals surface area contributed by atoms with E-state index in [-0.39, 0.29) is 12.1 Å². The van der Waals surface area contributed by atoms with Crippen LogP contribution in [-0.4, -0.2) is 105 Å². The summed E-state index contributed by atoms with van der Waals surface area (Å²) in [6.45, 7) is 11.3. The lowest BCUT2D eigenvalue weighted by molar-refractivity contribution is -0.150. The van der Waals surface area contributed by atoms with E-state index >= 15 is 0 Å². The number of esters is 1. The van der Waals surface area contributed by atoms with Gasteiger partial charge in [0.25, 0.3) is 0 Å². The maximum Gasteiger partial charge on any atom is 0.407 e. The number of aryl methyl sites for hydroxylation is 1. The van der Waals surface area contributed by atoms with Gasteiger partial charge in [0.2, 0.25) is 0 Å². The number of piperidine rings is 1. The molecular formula is C26H38N4O5. The highest BCUT2D eigenvalue weighted by Crippen LogP contribution is 2.44. The standard InChI is InChI=1S/C26H38N4O5/c1-20-2-3-22(23(18-20)29-14-16-34-17-15-29)28-12-10-27(11-13-28)7-4-21-19-26(24(31)35-21)5-8-30(9-6-26)25(32)33/h2-3,18,21H,4-17,19H2,1H3,(H,32,33). The van der Waals surface area contributed by atoms with Crippen LogP contribution in [0.3, 0.4) is 0 Å². The van der Waals surface area contributed by atoms with E-state index in [1.54, 1.807) is 0 Å². The number of benzene rings is 1. The molecule has 4 aliphatic rings. The van der Waals surface area contributed by atoms with Crippen molar-refractivity contribution in [2.75, 3.05) is 81.9 Å². The Labute approximate surface area is 207 Å². The second kappa shape index (κ2) is 10.2. The number of amides is 1. The van der Waals surface area contributed by atoms with Crippen molar-refractivity contribution < 1.29 is 24.2 Å². The van der Waals surface area contributed by atoms with Gasteiger partial charge in [-0.25, -0.2) is 4.79 Å². The number of carbonyl (C=O) groups excluding carboxylic acids is 1. The molecular weight excluding hydrogens is 448 g/mol. The Hall–Kier alpha value is -2.52. The van der Waals surface area contributed by atoms with Crippen molar-refractivity contribution in [1.82, 2.24) is 9.80 Å². The number of morpholine rings is 1. The summed E-state index contributed by atoms with van der Waals surface area (Å²) in [4.78, 5) is 32.7. The number of rotatable bonds is 5. The third-order valence-corrected chi connectivity index (χ3v) is 8.28. The normalized spacial score (nSPS) is 25.2. The van der Waals surface area contributed by atoms with Crippen LogP contribution in [0.2, 0.25) is 0 Å². The highest BCUT2D eigenvalue weighted by Gasteiger charge is 2.50. The van der Waals surface area contributed by atoms with Gasteiger partial charge in [0.05, 0.1) is 30.0 Å². The number of cyclic esters (lactones) is 1. The van der Waals surface area contributed by atoms with E-state index in [2.05, 4.69) is 39.8 Å². The monoisotopic (exact) mass is 486 g/mol. The van der Waals surface area contributed by atoms with E-state index in [4.69, 9.17) is 9.47 Å². The summed E-state index contributed by atoms with van der Waals surface area (Å²) in [5.41, 5.74) is 3.44. The molecule has 0 aliphatic carbocycles. The van der Waals surface area contributed by atoms with Crippen molar-refractivity contribution in [3.05, 3.63) is 23.8 Å². The number of likely N-dealkylation sites (tertiary alicyclic amines) is 1. The molecule has 1 unspecified atom stereocenters. The molecule has 1 aromatic rings.